The van der Waals surface area contributed by atoms with E-state index >= 15 is 0 Å². The van der Waals surface area contributed by atoms with Gasteiger partial charge in [0.25, 0.3) is 0 Å². The quantitative estimate of drug-likeness (QED) is 0.291. The second-order valence-corrected chi connectivity index (χ2v) is 6.01. The molecule has 0 aliphatic carbocycles. The number of aromatic nitrogens is 1. The molecule has 0 fully saturated rings. The monoisotopic (exact) mass is 494 g/mol. The number of nitrogens with zero attached hydrogens (tertiary/aromatic N) is 2. The first-order chi connectivity index (χ1) is 13.2. The second kappa shape index (κ2) is 11.4. The van der Waals surface area contributed by atoms with Gasteiger partial charge in [-0.3, -0.25) is 0 Å². The third kappa shape index (κ3) is 6.63. The van der Waals surface area contributed by atoms with Crippen LogP contribution in [0.2, 0.25) is 0 Å². The highest BCUT2D eigenvalue weighted by Crippen LogP contribution is 2.18. The lowest BCUT2D eigenvalue weighted by atomic mass is 10.1. The molecule has 28 heavy (non-hydrogen) atoms. The summed E-state index contributed by atoms with van der Waals surface area (Å²) >= 11 is 0. The molecule has 3 aromatic rings. The van der Waals surface area contributed by atoms with Gasteiger partial charge in [-0.15, -0.1) is 24.0 Å². The van der Waals surface area contributed by atoms with Crippen LogP contribution < -0.4 is 10.6 Å². The van der Waals surface area contributed by atoms with Crippen molar-refractivity contribution in [3.63, 3.8) is 0 Å². The van der Waals surface area contributed by atoms with Crippen molar-refractivity contribution in [1.82, 2.24) is 15.6 Å². The molecule has 1 heterocycles. The van der Waals surface area contributed by atoms with Crippen molar-refractivity contribution in [3.8, 4) is 11.5 Å². The molecule has 148 valence electrons. The van der Waals surface area contributed by atoms with Crippen molar-refractivity contribution < 1.29 is 8.81 Å². The molecule has 0 radical (unpaired) electrons. The molecular formula is C21H24FIN4O. The molecule has 0 saturated carbocycles. The van der Waals surface area contributed by atoms with E-state index in [9.17, 15) is 4.39 Å². The van der Waals surface area contributed by atoms with Crippen LogP contribution >= 0.6 is 24.0 Å². The summed E-state index contributed by atoms with van der Waals surface area (Å²) in [6.45, 7) is 3.82. The Bertz CT molecular complexity index is 883. The van der Waals surface area contributed by atoms with Gasteiger partial charge in [0.05, 0.1) is 6.54 Å². The van der Waals surface area contributed by atoms with E-state index in [-0.39, 0.29) is 29.8 Å². The van der Waals surface area contributed by atoms with Crippen LogP contribution in [-0.4, -0.2) is 24.0 Å². The molecule has 1 aromatic heterocycles. The number of hydrogen-bond acceptors (Lipinski definition) is 3. The highest BCUT2D eigenvalue weighted by atomic mass is 127. The fourth-order valence-corrected chi connectivity index (χ4v) is 2.61. The predicted octanol–water partition coefficient (Wildman–Crippen LogP) is 4.40. The minimum absolute atomic E-state index is 0. The largest absolute Gasteiger partial charge is 0.444 e. The molecule has 0 aliphatic rings. The first-order valence-corrected chi connectivity index (χ1v) is 9.01. The van der Waals surface area contributed by atoms with Gasteiger partial charge in [0.1, 0.15) is 17.8 Å². The fraction of sp³-hybridized carbons (Fsp3) is 0.238. The molecule has 0 amide bonds. The smallest absolute Gasteiger partial charge is 0.226 e. The zero-order chi connectivity index (χ0) is 18.9. The van der Waals surface area contributed by atoms with E-state index in [4.69, 9.17) is 4.42 Å². The lowest BCUT2D eigenvalue weighted by Crippen LogP contribution is -2.38. The zero-order valence-electron chi connectivity index (χ0n) is 15.7. The van der Waals surface area contributed by atoms with Gasteiger partial charge in [0.15, 0.2) is 5.96 Å². The molecule has 2 N–H and O–H groups in total. The molecule has 0 bridgehead atoms. The van der Waals surface area contributed by atoms with Gasteiger partial charge in [-0.1, -0.05) is 30.3 Å². The number of benzene rings is 2. The van der Waals surface area contributed by atoms with E-state index in [2.05, 4.69) is 20.6 Å². The highest BCUT2D eigenvalue weighted by Gasteiger charge is 2.06. The molecule has 2 aromatic carbocycles. The zero-order valence-corrected chi connectivity index (χ0v) is 18.0. The number of guanidine groups is 1. The first-order valence-electron chi connectivity index (χ1n) is 9.01. The summed E-state index contributed by atoms with van der Waals surface area (Å²) in [7, 11) is 0. The Morgan fingerprint density at radius 2 is 1.93 bits per heavy atom. The summed E-state index contributed by atoms with van der Waals surface area (Å²) in [5.74, 6) is 1.07. The van der Waals surface area contributed by atoms with Crippen LogP contribution in [0.4, 0.5) is 4.39 Å². The summed E-state index contributed by atoms with van der Waals surface area (Å²) in [6.07, 6.45) is 2.34. The molecule has 0 unspecified atom stereocenters. The van der Waals surface area contributed by atoms with Gasteiger partial charge in [0.2, 0.25) is 5.89 Å². The molecule has 7 heteroatoms. The van der Waals surface area contributed by atoms with Gasteiger partial charge in [-0.05, 0) is 43.2 Å². The van der Waals surface area contributed by atoms with Crippen LogP contribution in [0, 0.1) is 5.82 Å². The van der Waals surface area contributed by atoms with Crippen LogP contribution in [0.25, 0.3) is 11.5 Å². The van der Waals surface area contributed by atoms with Crippen LogP contribution in [-0.2, 0) is 13.0 Å². The van der Waals surface area contributed by atoms with E-state index in [0.29, 0.717) is 31.4 Å². The van der Waals surface area contributed by atoms with Gasteiger partial charge in [-0.25, -0.2) is 14.4 Å². The molecule has 3 rings (SSSR count). The molecule has 5 nitrogen and oxygen atoms in total. The third-order valence-corrected chi connectivity index (χ3v) is 3.91. The summed E-state index contributed by atoms with van der Waals surface area (Å²) in [5, 5.41) is 6.45. The second-order valence-electron chi connectivity index (χ2n) is 6.01. The number of halogens is 2. The Kier molecular flexibility index (Phi) is 8.93. The predicted molar refractivity (Wildman–Crippen MR) is 120 cm³/mol. The maximum atomic E-state index is 13.2. The number of rotatable bonds is 7. The first kappa shape index (κ1) is 21.9. The Balaban J connectivity index is 0.00000280. The van der Waals surface area contributed by atoms with Crippen molar-refractivity contribution in [2.24, 2.45) is 4.99 Å². The van der Waals surface area contributed by atoms with Crippen molar-refractivity contribution in [1.29, 1.82) is 0 Å². The average molecular weight is 494 g/mol. The lowest BCUT2D eigenvalue weighted by Gasteiger charge is -2.11. The van der Waals surface area contributed by atoms with E-state index in [0.717, 1.165) is 23.4 Å². The van der Waals surface area contributed by atoms with Crippen LogP contribution in [0.1, 0.15) is 18.2 Å². The Labute approximate surface area is 181 Å². The fourth-order valence-electron chi connectivity index (χ4n) is 2.61. The van der Waals surface area contributed by atoms with Crippen molar-refractivity contribution in [2.75, 3.05) is 13.1 Å². The van der Waals surface area contributed by atoms with Gasteiger partial charge >= 0.3 is 0 Å². The standard InChI is InChI=1S/C21H23FN4O.HI/c1-2-23-21(24-12-11-16-7-6-10-18(22)13-16)25-14-19-15-27-20(26-19)17-8-4-3-5-9-17;/h3-10,13,15H,2,11-12,14H2,1H3,(H2,23,24,25);1H. The summed E-state index contributed by atoms with van der Waals surface area (Å²) in [5.41, 5.74) is 2.64. The molecule has 0 aliphatic heterocycles. The Hall–Kier alpha value is -2.42. The molecular weight excluding hydrogens is 470 g/mol. The van der Waals surface area contributed by atoms with Crippen LogP contribution in [0.3, 0.4) is 0 Å². The van der Waals surface area contributed by atoms with E-state index in [1.807, 2.05) is 43.3 Å². The molecule has 0 spiro atoms. The minimum atomic E-state index is -0.215. The van der Waals surface area contributed by atoms with Crippen molar-refractivity contribution in [3.05, 3.63) is 77.9 Å². The lowest BCUT2D eigenvalue weighted by molar-refractivity contribution is 0.572. The number of hydrogen-bond donors (Lipinski definition) is 2. The third-order valence-electron chi connectivity index (χ3n) is 3.91. The van der Waals surface area contributed by atoms with Gasteiger partial charge in [-0.2, -0.15) is 0 Å². The van der Waals surface area contributed by atoms with Crippen molar-refractivity contribution in [2.45, 2.75) is 19.9 Å². The van der Waals surface area contributed by atoms with Crippen molar-refractivity contribution >= 4 is 29.9 Å². The maximum Gasteiger partial charge on any atom is 0.226 e. The summed E-state index contributed by atoms with van der Waals surface area (Å²) in [4.78, 5) is 9.02. The highest BCUT2D eigenvalue weighted by molar-refractivity contribution is 14.0. The number of oxazole rings is 1. The minimum Gasteiger partial charge on any atom is -0.444 e. The van der Waals surface area contributed by atoms with E-state index in [1.165, 1.54) is 6.07 Å². The average Bonchev–Trinajstić information content (AvgIpc) is 3.16. The molecule has 0 atom stereocenters. The number of aliphatic imine (C=N–C) groups is 1. The van der Waals surface area contributed by atoms with Crippen LogP contribution in [0.15, 0.2) is 70.3 Å². The molecule has 0 saturated heterocycles. The van der Waals surface area contributed by atoms with E-state index in [1.54, 1.807) is 18.4 Å². The Morgan fingerprint density at radius 3 is 2.68 bits per heavy atom. The van der Waals surface area contributed by atoms with Gasteiger partial charge in [0, 0.05) is 18.7 Å². The van der Waals surface area contributed by atoms with Crippen LogP contribution in [0.5, 0.6) is 0 Å². The maximum absolute atomic E-state index is 13.2. The Morgan fingerprint density at radius 1 is 1.11 bits per heavy atom. The number of nitrogens with one attached hydrogen (secondary N) is 2. The van der Waals surface area contributed by atoms with E-state index < -0.39 is 0 Å². The summed E-state index contributed by atoms with van der Waals surface area (Å²) < 4.78 is 18.8. The SMILES string of the molecule is CCNC(=NCc1coc(-c2ccccc2)n1)NCCc1cccc(F)c1.I. The van der Waals surface area contributed by atoms with Gasteiger partial charge < -0.3 is 15.1 Å². The summed E-state index contributed by atoms with van der Waals surface area (Å²) in [6, 6.07) is 16.4. The normalized spacial score (nSPS) is 11.0. The topological polar surface area (TPSA) is 62.5 Å².